The van der Waals surface area contributed by atoms with Gasteiger partial charge in [0.25, 0.3) is 0 Å². The second kappa shape index (κ2) is 4.08. The third-order valence-corrected chi connectivity index (χ3v) is 2.04. The molecular formula is C10H11FN4. The van der Waals surface area contributed by atoms with E-state index in [0.29, 0.717) is 12.4 Å². The van der Waals surface area contributed by atoms with Gasteiger partial charge < -0.3 is 9.88 Å². The van der Waals surface area contributed by atoms with Crippen molar-refractivity contribution in [1.29, 1.82) is 0 Å². The van der Waals surface area contributed by atoms with Crippen LogP contribution in [0.25, 0.3) is 0 Å². The molecule has 1 N–H and O–H groups in total. The Labute approximate surface area is 86.8 Å². The number of halogens is 1. The molecule has 2 aromatic rings. The van der Waals surface area contributed by atoms with Gasteiger partial charge in [0.05, 0.1) is 6.54 Å². The summed E-state index contributed by atoms with van der Waals surface area (Å²) in [5.74, 6) is 0.781. The van der Waals surface area contributed by atoms with Gasteiger partial charge in [0.15, 0.2) is 11.6 Å². The van der Waals surface area contributed by atoms with Crippen molar-refractivity contribution in [2.24, 2.45) is 0 Å². The lowest BCUT2D eigenvalue weighted by molar-refractivity contribution is 0.613. The lowest BCUT2D eigenvalue weighted by atomic mass is 10.4. The lowest BCUT2D eigenvalue weighted by Crippen LogP contribution is -2.19. The molecule has 0 unspecified atom stereocenters. The first-order valence-corrected chi connectivity index (χ1v) is 4.57. The first kappa shape index (κ1) is 9.64. The fraction of sp³-hybridized carbons (Fsp3) is 0.200. The van der Waals surface area contributed by atoms with E-state index in [9.17, 15) is 4.39 Å². The Balaban J connectivity index is 2.15. The highest BCUT2D eigenvalue weighted by atomic mass is 19.1. The number of rotatable bonds is 3. The predicted molar refractivity (Wildman–Crippen MR) is 54.9 cm³/mol. The second-order valence-corrected chi connectivity index (χ2v) is 3.20. The Morgan fingerprint density at radius 3 is 2.93 bits per heavy atom. The molecule has 0 radical (unpaired) electrons. The van der Waals surface area contributed by atoms with Gasteiger partial charge in [0.1, 0.15) is 5.82 Å². The van der Waals surface area contributed by atoms with E-state index in [-0.39, 0.29) is 5.82 Å². The molecule has 2 aromatic heterocycles. The van der Waals surface area contributed by atoms with Crippen LogP contribution in [0.15, 0.2) is 30.7 Å². The van der Waals surface area contributed by atoms with Crippen molar-refractivity contribution in [3.05, 3.63) is 42.4 Å². The van der Waals surface area contributed by atoms with Crippen LogP contribution < -0.4 is 4.90 Å². The van der Waals surface area contributed by atoms with Crippen molar-refractivity contribution in [2.45, 2.75) is 6.54 Å². The Bertz CT molecular complexity index is 427. The molecule has 0 aromatic carbocycles. The molecular weight excluding hydrogens is 195 g/mol. The molecule has 0 atom stereocenters. The van der Waals surface area contributed by atoms with E-state index in [4.69, 9.17) is 0 Å². The zero-order valence-electron chi connectivity index (χ0n) is 8.31. The normalized spacial score (nSPS) is 10.3. The number of hydrogen-bond donors (Lipinski definition) is 1. The Morgan fingerprint density at radius 1 is 1.40 bits per heavy atom. The van der Waals surface area contributed by atoms with E-state index < -0.39 is 0 Å². The molecule has 0 saturated carbocycles. The van der Waals surface area contributed by atoms with Crippen molar-refractivity contribution in [3.63, 3.8) is 0 Å². The summed E-state index contributed by atoms with van der Waals surface area (Å²) in [6.45, 7) is 0.501. The fourth-order valence-corrected chi connectivity index (χ4v) is 1.34. The number of imidazole rings is 1. The molecule has 78 valence electrons. The van der Waals surface area contributed by atoms with Crippen LogP contribution in [0.3, 0.4) is 0 Å². The van der Waals surface area contributed by atoms with Crippen LogP contribution in [-0.4, -0.2) is 22.0 Å². The quantitative estimate of drug-likeness (QED) is 0.829. The van der Waals surface area contributed by atoms with E-state index in [1.807, 2.05) is 0 Å². The van der Waals surface area contributed by atoms with Crippen molar-refractivity contribution < 1.29 is 4.39 Å². The minimum atomic E-state index is -0.327. The summed E-state index contributed by atoms with van der Waals surface area (Å²) in [6.07, 6.45) is 4.97. The highest BCUT2D eigenvalue weighted by Crippen LogP contribution is 2.14. The Hall–Kier alpha value is -1.91. The van der Waals surface area contributed by atoms with Crippen molar-refractivity contribution in [2.75, 3.05) is 11.9 Å². The Kier molecular flexibility index (Phi) is 2.62. The number of nitrogens with one attached hydrogen (secondary N) is 1. The van der Waals surface area contributed by atoms with E-state index in [1.165, 1.54) is 6.07 Å². The highest BCUT2D eigenvalue weighted by Gasteiger charge is 2.09. The van der Waals surface area contributed by atoms with Crippen LogP contribution in [-0.2, 0) is 6.54 Å². The largest absolute Gasteiger partial charge is 0.350 e. The number of aromatic amines is 1. The topological polar surface area (TPSA) is 44.8 Å². The van der Waals surface area contributed by atoms with Gasteiger partial charge in [-0.3, -0.25) is 0 Å². The smallest absolute Gasteiger partial charge is 0.165 e. The molecule has 0 amide bonds. The lowest BCUT2D eigenvalue weighted by Gasteiger charge is -2.16. The van der Waals surface area contributed by atoms with Gasteiger partial charge in [0, 0.05) is 25.6 Å². The van der Waals surface area contributed by atoms with Crippen molar-refractivity contribution >= 4 is 5.82 Å². The summed E-state index contributed by atoms with van der Waals surface area (Å²) in [7, 11) is 1.77. The van der Waals surface area contributed by atoms with E-state index in [0.717, 1.165) is 5.82 Å². The van der Waals surface area contributed by atoms with Gasteiger partial charge in [-0.25, -0.2) is 14.4 Å². The van der Waals surface area contributed by atoms with Crippen LogP contribution in [0.4, 0.5) is 10.2 Å². The first-order chi connectivity index (χ1) is 7.27. The van der Waals surface area contributed by atoms with Crippen molar-refractivity contribution in [3.8, 4) is 0 Å². The zero-order chi connectivity index (χ0) is 10.7. The maximum Gasteiger partial charge on any atom is 0.165 e. The molecule has 0 fully saturated rings. The van der Waals surface area contributed by atoms with Crippen LogP contribution in [0.1, 0.15) is 5.82 Å². The summed E-state index contributed by atoms with van der Waals surface area (Å²) in [5.41, 5.74) is 0. The third-order valence-electron chi connectivity index (χ3n) is 2.04. The fourth-order valence-electron chi connectivity index (χ4n) is 1.34. The molecule has 0 saturated heterocycles. The highest BCUT2D eigenvalue weighted by molar-refractivity contribution is 5.38. The standard InChI is InChI=1S/C10H11FN4/c1-15(7-9-12-5-6-13-9)10-8(11)3-2-4-14-10/h2-6H,7H2,1H3,(H,12,13). The SMILES string of the molecule is CN(Cc1ncc[nH]1)c1ncccc1F. The van der Waals surface area contributed by atoms with Gasteiger partial charge in [-0.1, -0.05) is 0 Å². The molecule has 0 aliphatic heterocycles. The molecule has 0 aliphatic rings. The predicted octanol–water partition coefficient (Wildman–Crippen LogP) is 1.58. The minimum Gasteiger partial charge on any atom is -0.350 e. The molecule has 5 heteroatoms. The summed E-state index contributed by atoms with van der Waals surface area (Å²) >= 11 is 0. The Morgan fingerprint density at radius 2 is 2.27 bits per heavy atom. The monoisotopic (exact) mass is 206 g/mol. The molecule has 0 spiro atoms. The van der Waals surface area contributed by atoms with Crippen LogP contribution >= 0.6 is 0 Å². The zero-order valence-corrected chi connectivity index (χ0v) is 8.31. The molecule has 2 heterocycles. The third kappa shape index (κ3) is 2.12. The summed E-state index contributed by atoms with van der Waals surface area (Å²) in [6, 6.07) is 2.96. The molecule has 0 bridgehead atoms. The van der Waals surface area contributed by atoms with Gasteiger partial charge >= 0.3 is 0 Å². The van der Waals surface area contributed by atoms with Gasteiger partial charge in [-0.15, -0.1) is 0 Å². The maximum atomic E-state index is 13.3. The van der Waals surface area contributed by atoms with Gasteiger partial charge in [-0.2, -0.15) is 0 Å². The summed E-state index contributed by atoms with van der Waals surface area (Å²) in [4.78, 5) is 12.7. The molecule has 15 heavy (non-hydrogen) atoms. The summed E-state index contributed by atoms with van der Waals surface area (Å²) in [5, 5.41) is 0. The minimum absolute atomic E-state index is 0.327. The van der Waals surface area contributed by atoms with Gasteiger partial charge in [0.2, 0.25) is 0 Å². The van der Waals surface area contributed by atoms with E-state index >= 15 is 0 Å². The van der Waals surface area contributed by atoms with E-state index in [2.05, 4.69) is 15.0 Å². The van der Waals surface area contributed by atoms with E-state index in [1.54, 1.807) is 36.6 Å². The van der Waals surface area contributed by atoms with Crippen LogP contribution in [0.5, 0.6) is 0 Å². The number of anilines is 1. The first-order valence-electron chi connectivity index (χ1n) is 4.57. The molecule has 2 rings (SSSR count). The number of pyridine rings is 1. The number of H-pyrrole nitrogens is 1. The second-order valence-electron chi connectivity index (χ2n) is 3.20. The van der Waals surface area contributed by atoms with Gasteiger partial charge in [-0.05, 0) is 12.1 Å². The summed E-state index contributed by atoms with van der Waals surface area (Å²) < 4.78 is 13.3. The number of hydrogen-bond acceptors (Lipinski definition) is 3. The number of nitrogens with zero attached hydrogens (tertiary/aromatic N) is 3. The molecule has 4 nitrogen and oxygen atoms in total. The van der Waals surface area contributed by atoms with Crippen LogP contribution in [0, 0.1) is 5.82 Å². The van der Waals surface area contributed by atoms with Crippen molar-refractivity contribution in [1.82, 2.24) is 15.0 Å². The maximum absolute atomic E-state index is 13.3. The average molecular weight is 206 g/mol. The molecule has 0 aliphatic carbocycles. The average Bonchev–Trinajstić information content (AvgIpc) is 2.71. The number of aromatic nitrogens is 3. The van der Waals surface area contributed by atoms with Crippen LogP contribution in [0.2, 0.25) is 0 Å².